The van der Waals surface area contributed by atoms with Crippen molar-refractivity contribution >= 4 is 34.7 Å². The maximum Gasteiger partial charge on any atom is 0.227 e. The van der Waals surface area contributed by atoms with E-state index in [2.05, 4.69) is 42.3 Å². The van der Waals surface area contributed by atoms with Crippen molar-refractivity contribution in [1.82, 2.24) is 4.98 Å². The molecule has 0 saturated heterocycles. The van der Waals surface area contributed by atoms with Crippen molar-refractivity contribution in [2.24, 2.45) is 0 Å². The Labute approximate surface area is 188 Å². The zero-order valence-electron chi connectivity index (χ0n) is 18.4. The highest BCUT2D eigenvalue weighted by Gasteiger charge is 2.44. The number of aryl methyl sites for hydroxylation is 1. The van der Waals surface area contributed by atoms with Crippen molar-refractivity contribution in [3.05, 3.63) is 44.9 Å². The predicted octanol–water partition coefficient (Wildman–Crippen LogP) is 5.34. The molecule has 0 bridgehead atoms. The summed E-state index contributed by atoms with van der Waals surface area (Å²) >= 11 is 1.53. The van der Waals surface area contributed by atoms with Gasteiger partial charge in [-0.05, 0) is 49.8 Å². The number of fused-ring (bicyclic) bond motifs is 2. The highest BCUT2D eigenvalue weighted by molar-refractivity contribution is 7.13. The SMILES string of the molecule is C#CC1(CC)CCN2CCC(C)c3cc4c(c1c32)OC(O)C(c1nc(C)c(C=C)s1)=C4. The van der Waals surface area contributed by atoms with Crippen LogP contribution < -0.4 is 9.64 Å². The van der Waals surface area contributed by atoms with E-state index in [0.29, 0.717) is 11.5 Å². The Morgan fingerprint density at radius 2 is 2.29 bits per heavy atom. The van der Waals surface area contributed by atoms with Gasteiger partial charge < -0.3 is 14.7 Å². The molecular formula is C26H28N2O2S. The van der Waals surface area contributed by atoms with Crippen LogP contribution in [0.3, 0.4) is 0 Å². The first kappa shape index (κ1) is 20.4. The number of aliphatic hydroxyl groups excluding tert-OH is 1. The van der Waals surface area contributed by atoms with E-state index in [1.54, 1.807) is 6.08 Å². The molecule has 4 heterocycles. The first-order valence-electron chi connectivity index (χ1n) is 11.0. The number of hydrogen-bond acceptors (Lipinski definition) is 5. The van der Waals surface area contributed by atoms with Gasteiger partial charge in [-0.2, -0.15) is 0 Å². The molecule has 0 radical (unpaired) electrons. The van der Waals surface area contributed by atoms with Crippen LogP contribution in [0.5, 0.6) is 5.75 Å². The molecule has 2 aromatic rings. The molecule has 0 saturated carbocycles. The Morgan fingerprint density at radius 3 is 2.97 bits per heavy atom. The molecule has 4 nitrogen and oxygen atoms in total. The number of benzene rings is 1. The molecule has 3 aliphatic rings. The third-order valence-corrected chi connectivity index (χ3v) is 8.43. The monoisotopic (exact) mass is 432 g/mol. The highest BCUT2D eigenvalue weighted by atomic mass is 32.1. The van der Waals surface area contributed by atoms with Crippen molar-refractivity contribution in [2.45, 2.75) is 57.7 Å². The third kappa shape index (κ3) is 2.89. The van der Waals surface area contributed by atoms with Crippen molar-refractivity contribution in [1.29, 1.82) is 0 Å². The summed E-state index contributed by atoms with van der Waals surface area (Å²) in [5, 5.41) is 11.8. The summed E-state index contributed by atoms with van der Waals surface area (Å²) in [5.41, 5.74) is 5.90. The van der Waals surface area contributed by atoms with Crippen LogP contribution in [-0.2, 0) is 5.41 Å². The van der Waals surface area contributed by atoms with E-state index >= 15 is 0 Å². The zero-order chi connectivity index (χ0) is 21.9. The number of anilines is 1. The molecule has 3 aliphatic heterocycles. The Kier molecular flexibility index (Phi) is 4.76. The normalized spacial score (nSPS) is 26.3. The topological polar surface area (TPSA) is 45.6 Å². The maximum absolute atomic E-state index is 11.0. The van der Waals surface area contributed by atoms with Gasteiger partial charge in [0, 0.05) is 34.8 Å². The van der Waals surface area contributed by atoms with Crippen LogP contribution in [0.4, 0.5) is 5.69 Å². The highest BCUT2D eigenvalue weighted by Crippen LogP contribution is 2.55. The fraction of sp³-hybridized carbons (Fsp3) is 0.423. The number of aromatic nitrogens is 1. The van der Waals surface area contributed by atoms with Crippen LogP contribution in [-0.4, -0.2) is 29.5 Å². The molecule has 5 heteroatoms. The lowest BCUT2D eigenvalue weighted by Crippen LogP contribution is -2.43. The van der Waals surface area contributed by atoms with Crippen LogP contribution >= 0.6 is 11.3 Å². The van der Waals surface area contributed by atoms with Crippen LogP contribution in [0.1, 0.15) is 71.3 Å². The van der Waals surface area contributed by atoms with Gasteiger partial charge in [-0.15, -0.1) is 17.8 Å². The van der Waals surface area contributed by atoms with E-state index in [-0.39, 0.29) is 5.41 Å². The average molecular weight is 433 g/mol. The predicted molar refractivity (Wildman–Crippen MR) is 129 cm³/mol. The Morgan fingerprint density at radius 1 is 1.48 bits per heavy atom. The van der Waals surface area contributed by atoms with Gasteiger partial charge in [-0.25, -0.2) is 4.98 Å². The molecule has 1 aromatic carbocycles. The maximum atomic E-state index is 11.0. The molecule has 1 N–H and O–H groups in total. The Bertz CT molecular complexity index is 1160. The van der Waals surface area contributed by atoms with Gasteiger partial charge in [-0.3, -0.25) is 0 Å². The summed E-state index contributed by atoms with van der Waals surface area (Å²) in [7, 11) is 0. The van der Waals surface area contributed by atoms with Crippen molar-refractivity contribution in [2.75, 3.05) is 18.0 Å². The third-order valence-electron chi connectivity index (χ3n) is 7.23. The summed E-state index contributed by atoms with van der Waals surface area (Å²) in [4.78, 5) is 8.13. The average Bonchev–Trinajstić information content (AvgIpc) is 3.16. The number of rotatable bonds is 3. The molecule has 0 spiro atoms. The van der Waals surface area contributed by atoms with Gasteiger partial charge in [0.15, 0.2) is 0 Å². The molecule has 0 aliphatic carbocycles. The number of hydrogen-bond donors (Lipinski definition) is 1. The minimum Gasteiger partial charge on any atom is -0.460 e. The molecule has 3 unspecified atom stereocenters. The fourth-order valence-corrected chi connectivity index (χ4v) is 6.23. The lowest BCUT2D eigenvalue weighted by Gasteiger charge is -2.47. The molecule has 5 rings (SSSR count). The van der Waals surface area contributed by atoms with E-state index in [9.17, 15) is 5.11 Å². The van der Waals surface area contributed by atoms with Gasteiger partial charge in [0.25, 0.3) is 0 Å². The van der Waals surface area contributed by atoms with Gasteiger partial charge in [-0.1, -0.05) is 32.4 Å². The molecular weight excluding hydrogens is 404 g/mol. The molecule has 0 fully saturated rings. The quantitative estimate of drug-likeness (QED) is 0.665. The lowest BCUT2D eigenvalue weighted by atomic mass is 9.69. The van der Waals surface area contributed by atoms with E-state index in [1.165, 1.54) is 22.6 Å². The first-order chi connectivity index (χ1) is 14.9. The summed E-state index contributed by atoms with van der Waals surface area (Å²) in [6.45, 7) is 12.3. The summed E-state index contributed by atoms with van der Waals surface area (Å²) in [5.74, 6) is 4.33. The number of aliphatic hydroxyl groups is 1. The second-order valence-corrected chi connectivity index (χ2v) is 9.89. The number of terminal acetylenes is 1. The molecule has 3 atom stereocenters. The second-order valence-electron chi connectivity index (χ2n) is 8.86. The number of thiazole rings is 1. The standard InChI is InChI=1S/C26H28N2O2S/c1-6-20-16(5)27-24(31-20)19-14-17-13-18-15(4)9-11-28-12-10-26(7-2,8-3)21(22(18)28)23(17)30-25(19)29/h2,6,13-15,25,29H,1,8-12H2,3-5H3. The minimum absolute atomic E-state index is 0.373. The number of nitrogens with zero attached hydrogens (tertiary/aromatic N) is 2. The first-order valence-corrected chi connectivity index (χ1v) is 11.8. The largest absolute Gasteiger partial charge is 0.460 e. The number of ether oxygens (including phenoxy) is 1. The second kappa shape index (κ2) is 7.25. The molecule has 1 aromatic heterocycles. The fourth-order valence-electron chi connectivity index (χ4n) is 5.29. The Balaban J connectivity index is 1.77. The molecule has 160 valence electrons. The van der Waals surface area contributed by atoms with Crippen LogP contribution in [0.15, 0.2) is 12.6 Å². The van der Waals surface area contributed by atoms with E-state index < -0.39 is 6.29 Å². The molecule has 31 heavy (non-hydrogen) atoms. The lowest BCUT2D eigenvalue weighted by molar-refractivity contribution is 0.0303. The summed E-state index contributed by atoms with van der Waals surface area (Å²) in [6.07, 6.45) is 11.8. The van der Waals surface area contributed by atoms with E-state index in [1.807, 2.05) is 13.0 Å². The smallest absolute Gasteiger partial charge is 0.227 e. The van der Waals surface area contributed by atoms with E-state index in [4.69, 9.17) is 11.2 Å². The summed E-state index contributed by atoms with van der Waals surface area (Å²) < 4.78 is 6.25. The van der Waals surface area contributed by atoms with Crippen LogP contribution in [0, 0.1) is 19.3 Å². The van der Waals surface area contributed by atoms with E-state index in [0.717, 1.165) is 64.8 Å². The summed E-state index contributed by atoms with van der Waals surface area (Å²) in [6, 6.07) is 2.24. The van der Waals surface area contributed by atoms with Gasteiger partial charge in [0.1, 0.15) is 10.8 Å². The van der Waals surface area contributed by atoms with Crippen LogP contribution in [0.2, 0.25) is 0 Å². The Hall–Kier alpha value is -2.55. The van der Waals surface area contributed by atoms with Crippen molar-refractivity contribution in [3.8, 4) is 18.1 Å². The molecule has 0 amide bonds. The van der Waals surface area contributed by atoms with Gasteiger partial charge >= 0.3 is 0 Å². The van der Waals surface area contributed by atoms with Gasteiger partial charge in [0.2, 0.25) is 6.29 Å². The van der Waals surface area contributed by atoms with Gasteiger partial charge in [0.05, 0.1) is 16.7 Å². The minimum atomic E-state index is -1.08. The van der Waals surface area contributed by atoms with Crippen molar-refractivity contribution in [3.63, 3.8) is 0 Å². The zero-order valence-corrected chi connectivity index (χ0v) is 19.2. The van der Waals surface area contributed by atoms with Crippen molar-refractivity contribution < 1.29 is 9.84 Å². The van der Waals surface area contributed by atoms with Crippen LogP contribution in [0.25, 0.3) is 17.7 Å².